The first-order chi connectivity index (χ1) is 14.4. The number of nitrogens with one attached hydrogen (secondary N) is 1. The maximum atomic E-state index is 14.0. The van der Waals surface area contributed by atoms with Gasteiger partial charge in [0.15, 0.2) is 11.5 Å². The van der Waals surface area contributed by atoms with Gasteiger partial charge >= 0.3 is 0 Å². The van der Waals surface area contributed by atoms with Gasteiger partial charge in [0, 0.05) is 22.3 Å². The van der Waals surface area contributed by atoms with Crippen LogP contribution in [-0.4, -0.2) is 6.61 Å². The van der Waals surface area contributed by atoms with E-state index in [-0.39, 0.29) is 6.61 Å². The maximum absolute atomic E-state index is 14.0. The Bertz CT molecular complexity index is 1030. The molecule has 0 amide bonds. The Kier molecular flexibility index (Phi) is 8.12. The van der Waals surface area contributed by atoms with Crippen molar-refractivity contribution in [3.8, 4) is 11.5 Å². The highest BCUT2D eigenvalue weighted by Gasteiger charge is 2.14. The van der Waals surface area contributed by atoms with Gasteiger partial charge in [-0.1, -0.05) is 56.8 Å². The molecule has 0 aliphatic carbocycles. The van der Waals surface area contributed by atoms with Crippen LogP contribution >= 0.6 is 50.7 Å². The first kappa shape index (κ1) is 23.0. The third-order valence-electron chi connectivity index (χ3n) is 4.25. The van der Waals surface area contributed by atoms with E-state index in [4.69, 9.17) is 44.3 Å². The zero-order chi connectivity index (χ0) is 21.7. The molecular weight excluding hydrogens is 516 g/mol. The SMILES string of the molecule is CCOc1cc(CNc2ccc(Cl)c(Cl)c2)c(Br)cc1OCc1c(F)cccc1Cl. The van der Waals surface area contributed by atoms with Gasteiger partial charge in [-0.3, -0.25) is 0 Å². The fourth-order valence-corrected chi connectivity index (χ4v) is 3.70. The molecule has 1 N–H and O–H groups in total. The van der Waals surface area contributed by atoms with E-state index in [0.717, 1.165) is 15.7 Å². The molecule has 0 heterocycles. The summed E-state index contributed by atoms with van der Waals surface area (Å²) in [6.07, 6.45) is 0. The average molecular weight is 534 g/mol. The summed E-state index contributed by atoms with van der Waals surface area (Å²) in [5, 5.41) is 4.59. The lowest BCUT2D eigenvalue weighted by atomic mass is 10.2. The molecule has 0 bridgehead atoms. The van der Waals surface area contributed by atoms with Crippen molar-refractivity contribution < 1.29 is 13.9 Å². The molecule has 0 aliphatic heterocycles. The van der Waals surface area contributed by atoms with Crippen molar-refractivity contribution in [1.29, 1.82) is 0 Å². The minimum absolute atomic E-state index is 0.0150. The van der Waals surface area contributed by atoms with Gasteiger partial charge in [0.1, 0.15) is 12.4 Å². The van der Waals surface area contributed by atoms with Crippen molar-refractivity contribution in [2.45, 2.75) is 20.1 Å². The van der Waals surface area contributed by atoms with Gasteiger partial charge in [0.25, 0.3) is 0 Å². The van der Waals surface area contributed by atoms with Gasteiger partial charge < -0.3 is 14.8 Å². The molecule has 0 spiro atoms. The van der Waals surface area contributed by atoms with Gasteiger partial charge in [-0.2, -0.15) is 0 Å². The van der Waals surface area contributed by atoms with Crippen LogP contribution in [0, 0.1) is 5.82 Å². The van der Waals surface area contributed by atoms with E-state index in [1.165, 1.54) is 6.07 Å². The molecule has 3 aromatic rings. The summed E-state index contributed by atoms with van der Waals surface area (Å²) < 4.78 is 26.4. The van der Waals surface area contributed by atoms with Crippen molar-refractivity contribution in [3.63, 3.8) is 0 Å². The standard InChI is InChI=1S/C22H18BrCl3FNO2/c1-2-29-21-8-13(11-28-14-6-7-18(25)19(26)9-14)16(23)10-22(21)30-12-15-17(24)4-3-5-20(15)27/h3-10,28H,2,11-12H2,1H3. The highest BCUT2D eigenvalue weighted by molar-refractivity contribution is 9.10. The average Bonchev–Trinajstić information content (AvgIpc) is 2.71. The molecule has 0 aliphatic rings. The molecule has 8 heteroatoms. The van der Waals surface area contributed by atoms with Gasteiger partial charge in [-0.25, -0.2) is 4.39 Å². The van der Waals surface area contributed by atoms with Crippen LogP contribution in [0.4, 0.5) is 10.1 Å². The molecule has 0 fully saturated rings. The molecule has 30 heavy (non-hydrogen) atoms. The topological polar surface area (TPSA) is 30.5 Å². The summed E-state index contributed by atoms with van der Waals surface area (Å²) in [7, 11) is 0. The Morgan fingerprint density at radius 1 is 0.933 bits per heavy atom. The summed E-state index contributed by atoms with van der Waals surface area (Å²) in [6.45, 7) is 2.84. The summed E-state index contributed by atoms with van der Waals surface area (Å²) in [6, 6.07) is 13.5. The molecule has 0 aromatic heterocycles. The van der Waals surface area contributed by atoms with E-state index < -0.39 is 5.82 Å². The number of rotatable bonds is 8. The van der Waals surface area contributed by atoms with E-state index in [1.807, 2.05) is 19.1 Å². The lowest BCUT2D eigenvalue weighted by Crippen LogP contribution is -2.05. The van der Waals surface area contributed by atoms with Crippen molar-refractivity contribution in [3.05, 3.63) is 85.0 Å². The Hall–Kier alpha value is -1.66. The number of anilines is 1. The van der Waals surface area contributed by atoms with E-state index in [0.29, 0.717) is 45.3 Å². The van der Waals surface area contributed by atoms with Crippen LogP contribution in [0.1, 0.15) is 18.1 Å². The third kappa shape index (κ3) is 5.73. The predicted octanol–water partition coefficient (Wildman–Crippen LogP) is 8.14. The quantitative estimate of drug-likeness (QED) is 0.317. The van der Waals surface area contributed by atoms with E-state index in [1.54, 1.807) is 30.3 Å². The molecule has 0 unspecified atom stereocenters. The van der Waals surface area contributed by atoms with Crippen LogP contribution in [0.2, 0.25) is 15.1 Å². The second-order valence-electron chi connectivity index (χ2n) is 6.29. The second kappa shape index (κ2) is 10.6. The second-order valence-corrected chi connectivity index (χ2v) is 8.37. The molecule has 0 radical (unpaired) electrons. The molecule has 0 atom stereocenters. The Morgan fingerprint density at radius 2 is 1.70 bits per heavy atom. The summed E-state index contributed by atoms with van der Waals surface area (Å²) in [4.78, 5) is 0. The van der Waals surface area contributed by atoms with Crippen LogP contribution < -0.4 is 14.8 Å². The van der Waals surface area contributed by atoms with Gasteiger partial charge in [0.05, 0.1) is 21.7 Å². The zero-order valence-corrected chi connectivity index (χ0v) is 19.8. The third-order valence-corrected chi connectivity index (χ3v) is 6.08. The summed E-state index contributed by atoms with van der Waals surface area (Å²) in [5.41, 5.74) is 2.08. The molecular formula is C22H18BrCl3FNO2. The zero-order valence-electron chi connectivity index (χ0n) is 15.9. The smallest absolute Gasteiger partial charge is 0.162 e. The van der Waals surface area contributed by atoms with Crippen molar-refractivity contribution in [1.82, 2.24) is 0 Å². The first-order valence-corrected chi connectivity index (χ1v) is 11.0. The van der Waals surface area contributed by atoms with Gasteiger partial charge in [-0.05, 0) is 55.0 Å². The lowest BCUT2D eigenvalue weighted by Gasteiger charge is -2.16. The van der Waals surface area contributed by atoms with Crippen molar-refractivity contribution in [2.75, 3.05) is 11.9 Å². The van der Waals surface area contributed by atoms with Crippen LogP contribution in [0.5, 0.6) is 11.5 Å². The number of benzene rings is 3. The number of hydrogen-bond acceptors (Lipinski definition) is 3. The maximum Gasteiger partial charge on any atom is 0.162 e. The minimum atomic E-state index is -0.415. The van der Waals surface area contributed by atoms with Crippen molar-refractivity contribution >= 4 is 56.4 Å². The molecule has 158 valence electrons. The Morgan fingerprint density at radius 3 is 2.40 bits per heavy atom. The monoisotopic (exact) mass is 531 g/mol. The molecule has 3 aromatic carbocycles. The molecule has 0 saturated heterocycles. The van der Waals surface area contributed by atoms with Crippen LogP contribution in [0.25, 0.3) is 0 Å². The van der Waals surface area contributed by atoms with Gasteiger partial charge in [-0.15, -0.1) is 0 Å². The highest BCUT2D eigenvalue weighted by Crippen LogP contribution is 2.35. The van der Waals surface area contributed by atoms with Crippen molar-refractivity contribution in [2.24, 2.45) is 0 Å². The number of ether oxygens (including phenoxy) is 2. The summed E-state index contributed by atoms with van der Waals surface area (Å²) >= 11 is 21.7. The fraction of sp³-hybridized carbons (Fsp3) is 0.182. The Labute approximate surface area is 198 Å². The van der Waals surface area contributed by atoms with Gasteiger partial charge in [0.2, 0.25) is 0 Å². The van der Waals surface area contributed by atoms with E-state index >= 15 is 0 Å². The number of hydrogen-bond donors (Lipinski definition) is 1. The molecule has 0 saturated carbocycles. The highest BCUT2D eigenvalue weighted by atomic mass is 79.9. The van der Waals surface area contributed by atoms with E-state index in [9.17, 15) is 4.39 Å². The summed E-state index contributed by atoms with van der Waals surface area (Å²) in [5.74, 6) is 0.627. The van der Waals surface area contributed by atoms with Crippen LogP contribution in [0.3, 0.4) is 0 Å². The molecule has 3 nitrogen and oxygen atoms in total. The largest absolute Gasteiger partial charge is 0.490 e. The predicted molar refractivity (Wildman–Crippen MR) is 125 cm³/mol. The van der Waals surface area contributed by atoms with E-state index in [2.05, 4.69) is 21.2 Å². The molecule has 3 rings (SSSR count). The lowest BCUT2D eigenvalue weighted by molar-refractivity contribution is 0.265. The fourth-order valence-electron chi connectivity index (χ4n) is 2.72. The van der Waals surface area contributed by atoms with Crippen LogP contribution in [-0.2, 0) is 13.2 Å². The first-order valence-electron chi connectivity index (χ1n) is 9.09. The minimum Gasteiger partial charge on any atom is -0.490 e. The van der Waals surface area contributed by atoms with Crippen LogP contribution in [0.15, 0.2) is 53.0 Å². The Balaban J connectivity index is 1.78. The number of halogens is 5. The normalized spacial score (nSPS) is 10.7.